The van der Waals surface area contributed by atoms with Crippen LogP contribution in [0.2, 0.25) is 0 Å². The summed E-state index contributed by atoms with van der Waals surface area (Å²) in [5.41, 5.74) is -0.893. The minimum Gasteiger partial charge on any atom is -0.780 e. The van der Waals surface area contributed by atoms with Crippen LogP contribution >= 0.6 is 6.72 Å². The summed E-state index contributed by atoms with van der Waals surface area (Å²) in [5, 5.41) is 107. The van der Waals surface area contributed by atoms with Gasteiger partial charge in [-0.3, -0.25) is 38.6 Å². The van der Waals surface area contributed by atoms with Gasteiger partial charge >= 0.3 is 0 Å². The number of ether oxygens (including phenoxy) is 9. The number of aliphatic hydroxyl groups is 9. The highest BCUT2D eigenvalue weighted by molar-refractivity contribution is 8.06. The molecule has 35 nitrogen and oxygen atoms in total. The Balaban J connectivity index is 1.59. The predicted molar refractivity (Wildman–Crippen MR) is 304 cm³/mol. The van der Waals surface area contributed by atoms with Gasteiger partial charge in [0.05, 0.1) is 111 Å². The van der Waals surface area contributed by atoms with Gasteiger partial charge in [0, 0.05) is 53.5 Å². The monoisotopic (exact) mass is 1310 g/mol. The molecule has 3 aliphatic heterocycles. The van der Waals surface area contributed by atoms with Gasteiger partial charge in [-0.05, 0) is 33.7 Å². The van der Waals surface area contributed by atoms with E-state index >= 15 is 0 Å². The second-order valence-corrected chi connectivity index (χ2v) is 24.3. The smallest absolute Gasteiger partial charge is 0.234 e. The van der Waals surface area contributed by atoms with Crippen LogP contribution in [-0.4, -0.2) is 334 Å². The lowest BCUT2D eigenvalue weighted by molar-refractivity contribution is -0.272. The summed E-state index contributed by atoms with van der Waals surface area (Å²) >= 11 is 5.09. The fraction of sp³-hybridized carbons (Fsp3) is 0.882. The Hall–Kier alpha value is -3.45. The number of hydrogen-bond acceptors (Lipinski definition) is 30. The molecule has 0 aliphatic carbocycles. The minimum absolute atomic E-state index is 0.000625. The van der Waals surface area contributed by atoms with Gasteiger partial charge in [-0.15, -0.1) is 0 Å². The fourth-order valence-electron chi connectivity index (χ4n) is 9.02. The summed E-state index contributed by atoms with van der Waals surface area (Å²) in [6.45, 7) is 1.77. The van der Waals surface area contributed by atoms with E-state index in [1.165, 1.54) is 20.8 Å². The molecule has 0 bridgehead atoms. The minimum atomic E-state index is -3.96. The van der Waals surface area contributed by atoms with Gasteiger partial charge in [0.15, 0.2) is 18.9 Å². The zero-order valence-corrected chi connectivity index (χ0v) is 52.3. The highest BCUT2D eigenvalue weighted by atomic mass is 32.5. The van der Waals surface area contributed by atoms with E-state index in [9.17, 15) is 79.6 Å². The van der Waals surface area contributed by atoms with Gasteiger partial charge in [0.2, 0.25) is 35.4 Å². The highest BCUT2D eigenvalue weighted by Gasteiger charge is 2.48. The van der Waals surface area contributed by atoms with E-state index in [4.69, 9.17) is 63.5 Å². The van der Waals surface area contributed by atoms with Crippen LogP contribution in [0.5, 0.6) is 0 Å². The molecule has 0 radical (unpaired) electrons. The van der Waals surface area contributed by atoms with Crippen LogP contribution < -0.4 is 36.8 Å². The first kappa shape index (κ1) is 78.8. The van der Waals surface area contributed by atoms with Gasteiger partial charge in [-0.1, -0.05) is 11.8 Å². The zero-order valence-electron chi connectivity index (χ0n) is 50.5. The normalized spacial score (nSPS) is 28.2. The molecule has 0 saturated carbocycles. The van der Waals surface area contributed by atoms with Crippen LogP contribution in [0.15, 0.2) is 0 Å². The van der Waals surface area contributed by atoms with E-state index in [-0.39, 0.29) is 131 Å². The molecule has 15 N–H and O–H groups in total. The van der Waals surface area contributed by atoms with E-state index in [2.05, 4.69) is 31.9 Å². The van der Waals surface area contributed by atoms with Gasteiger partial charge in [-0.2, -0.15) is 0 Å². The third kappa shape index (κ3) is 29.9. The lowest BCUT2D eigenvalue weighted by atomic mass is 9.97. The highest BCUT2D eigenvalue weighted by Crippen LogP contribution is 2.43. The van der Waals surface area contributed by atoms with Gasteiger partial charge in [0.25, 0.3) is 0 Å². The van der Waals surface area contributed by atoms with Crippen molar-refractivity contribution in [2.75, 3.05) is 145 Å². The van der Waals surface area contributed by atoms with E-state index in [1.807, 2.05) is 0 Å². The molecular formula is C51H94N8O27PS-. The second-order valence-electron chi connectivity index (χ2n) is 21.6. The molecular weight excluding hydrogens is 1220 g/mol. The maximum Gasteiger partial charge on any atom is 0.234 e. The first-order chi connectivity index (χ1) is 41.6. The molecule has 37 heteroatoms. The van der Waals surface area contributed by atoms with Crippen molar-refractivity contribution in [3.8, 4) is 0 Å². The number of hydrogen-bond donors (Lipinski definition) is 15. The van der Waals surface area contributed by atoms with Gasteiger partial charge < -0.3 is 134 Å². The van der Waals surface area contributed by atoms with Gasteiger partial charge in [-0.25, -0.2) is 0 Å². The Morgan fingerprint density at radius 2 is 0.807 bits per heavy atom. The first-order valence-corrected chi connectivity index (χ1v) is 31.3. The summed E-state index contributed by atoms with van der Waals surface area (Å²) in [5.74, 6) is -3.01. The average Bonchev–Trinajstić information content (AvgIpc) is 1.32. The number of nitrogens with one attached hydrogen (secondary N) is 6. The fourth-order valence-corrected chi connectivity index (χ4v) is 10.9. The molecule has 0 aromatic carbocycles. The molecule has 16 atom stereocenters. The van der Waals surface area contributed by atoms with Crippen molar-refractivity contribution >= 4 is 54.0 Å². The quantitative estimate of drug-likeness (QED) is 0.0199. The Morgan fingerprint density at radius 1 is 0.489 bits per heavy atom. The molecule has 88 heavy (non-hydrogen) atoms. The SMILES string of the molecule is CC(=O)NC1C(OCCOCCNC(=O)CN(CCCN(CC(=O)NCCOCCOC2OC(CO)C(O)C(O)C2NC(C)=O)CC(=O)NCCOCCOC2OC(CO)C(O)C(O)C2NC(C)=O)CCOP([O-])(=S)OC(C)(C)C)OC(CO)C(O)C1O. The number of carbonyl (C=O) groups is 6. The third-order valence-electron chi connectivity index (χ3n) is 13.1. The van der Waals surface area contributed by atoms with E-state index < -0.39 is 160 Å². The van der Waals surface area contributed by atoms with Crippen molar-refractivity contribution in [1.82, 2.24) is 41.7 Å². The molecule has 0 aromatic rings. The largest absolute Gasteiger partial charge is 0.780 e. The van der Waals surface area contributed by atoms with Gasteiger partial charge in [0.1, 0.15) is 79.8 Å². The Morgan fingerprint density at radius 3 is 1.11 bits per heavy atom. The van der Waals surface area contributed by atoms with Crippen LogP contribution in [0.25, 0.3) is 0 Å². The van der Waals surface area contributed by atoms with Crippen molar-refractivity contribution in [1.29, 1.82) is 0 Å². The van der Waals surface area contributed by atoms with Crippen LogP contribution in [-0.2, 0) is 92.3 Å². The molecule has 3 saturated heterocycles. The number of aliphatic hydroxyl groups excluding tert-OH is 9. The number of rotatable bonds is 42. The first-order valence-electron chi connectivity index (χ1n) is 28.8. The van der Waals surface area contributed by atoms with Crippen LogP contribution in [0.1, 0.15) is 48.0 Å². The van der Waals surface area contributed by atoms with E-state index in [1.54, 1.807) is 30.6 Å². The van der Waals surface area contributed by atoms with E-state index in [0.29, 0.717) is 0 Å². The van der Waals surface area contributed by atoms with Crippen LogP contribution in [0, 0.1) is 0 Å². The molecule has 6 amide bonds. The maximum atomic E-state index is 13.3. The van der Waals surface area contributed by atoms with Crippen molar-refractivity contribution < 1.29 is 131 Å². The number of carbonyl (C=O) groups excluding carboxylic acids is 6. The molecule has 3 aliphatic rings. The van der Waals surface area contributed by atoms with Crippen LogP contribution in [0.4, 0.5) is 0 Å². The van der Waals surface area contributed by atoms with E-state index in [0.717, 1.165) is 0 Å². The standard InChI is InChI=1S/C51H95N8O27PS/c1-30(63)55-39-45(72)42(69)33(27-60)83-48(39)79-21-18-76-14-8-52-36(66)24-58(13-17-82-87(75,88)86-51(4,5)6)11-7-12-59(25-37(67)53-9-15-77-19-22-80-49-40(56-31(2)64)46(73)43(70)34(28-61)84-49)26-38(68)54-10-16-78-20-23-81-50-41(57-32(3)65)47(74)44(71)35(29-62)85-50/h33-35,39-50,60-62,69-74H,7-29H2,1-6H3,(H,52,66)(H,53,67)(H,54,68)(H,55,63)(H,56,64)(H,57,65)(H,75,88)/p-1. The maximum absolute atomic E-state index is 13.3. The molecule has 0 spiro atoms. The lowest BCUT2D eigenvalue weighted by Gasteiger charge is -2.42. The Bertz CT molecular complexity index is 2060. The topological polar surface area (TPSA) is 488 Å². The van der Waals surface area contributed by atoms with Crippen molar-refractivity contribution in [3.05, 3.63) is 0 Å². The van der Waals surface area contributed by atoms with Crippen molar-refractivity contribution in [2.24, 2.45) is 0 Å². The van der Waals surface area contributed by atoms with Crippen LogP contribution in [0.3, 0.4) is 0 Å². The van der Waals surface area contributed by atoms with Crippen molar-refractivity contribution in [3.63, 3.8) is 0 Å². The Kier molecular flexibility index (Phi) is 36.9. The summed E-state index contributed by atoms with van der Waals surface area (Å²) in [6, 6.07) is -3.45. The Labute approximate surface area is 515 Å². The molecule has 512 valence electrons. The molecule has 16 unspecified atom stereocenters. The summed E-state index contributed by atoms with van der Waals surface area (Å²) in [7, 11) is 0. The third-order valence-corrected chi connectivity index (χ3v) is 14.9. The summed E-state index contributed by atoms with van der Waals surface area (Å²) in [4.78, 5) is 91.4. The molecule has 3 rings (SSSR count). The molecule has 0 aromatic heterocycles. The number of amides is 6. The summed E-state index contributed by atoms with van der Waals surface area (Å²) in [6.07, 6.45) is -16.0. The second kappa shape index (κ2) is 41.2. The average molecular weight is 1310 g/mol. The zero-order chi connectivity index (χ0) is 65.6. The molecule has 3 fully saturated rings. The number of nitrogens with zero attached hydrogens (tertiary/aromatic N) is 2. The lowest BCUT2D eigenvalue weighted by Crippen LogP contribution is -2.64. The van der Waals surface area contributed by atoms with Crippen molar-refractivity contribution in [2.45, 2.75) is 145 Å². The molecule has 3 heterocycles. The predicted octanol–water partition coefficient (Wildman–Crippen LogP) is -9.32. The summed E-state index contributed by atoms with van der Waals surface area (Å²) < 4.78 is 61.2.